The molecule has 0 heterocycles. The van der Waals surface area contributed by atoms with E-state index in [4.69, 9.17) is 5.26 Å². The Morgan fingerprint density at radius 2 is 2.27 bits per heavy atom. The number of esters is 1. The predicted octanol–water partition coefficient (Wildman–Crippen LogP) is 3.00. The number of rotatable bonds is 2. The fourth-order valence-corrected chi connectivity index (χ4v) is 2.61. The van der Waals surface area contributed by atoms with Crippen molar-refractivity contribution in [2.24, 2.45) is 0 Å². The average molecular weight is 333 g/mol. The van der Waals surface area contributed by atoms with Crippen LogP contribution in [0.4, 0.5) is 0 Å². The van der Waals surface area contributed by atoms with Gasteiger partial charge in [-0.15, -0.1) is 0 Å². The average Bonchev–Trinajstić information content (AvgIpc) is 2.27. The van der Waals surface area contributed by atoms with E-state index in [0.29, 0.717) is 16.5 Å². The number of ether oxygens (including phenoxy) is 1. The second kappa shape index (κ2) is 5.29. The van der Waals surface area contributed by atoms with E-state index in [1.54, 1.807) is 12.1 Å². The third-order valence-corrected chi connectivity index (χ3v) is 3.20. The van der Waals surface area contributed by atoms with E-state index in [0.717, 1.165) is 10.0 Å². The van der Waals surface area contributed by atoms with Crippen LogP contribution >= 0.6 is 31.9 Å². The normalized spacial score (nSPS) is 9.47. The summed E-state index contributed by atoms with van der Waals surface area (Å²) in [7, 11) is 1.29. The zero-order valence-corrected chi connectivity index (χ0v) is 11.1. The molecule has 0 aromatic heterocycles. The Morgan fingerprint density at radius 1 is 1.60 bits per heavy atom. The second-order valence-electron chi connectivity index (χ2n) is 2.69. The van der Waals surface area contributed by atoms with Gasteiger partial charge in [0.05, 0.1) is 18.2 Å². The van der Waals surface area contributed by atoms with Crippen LogP contribution < -0.4 is 0 Å². The molecule has 0 saturated carbocycles. The molecule has 0 saturated heterocycles. The quantitative estimate of drug-likeness (QED) is 0.618. The van der Waals surface area contributed by atoms with Crippen LogP contribution in [0.1, 0.15) is 21.5 Å². The van der Waals surface area contributed by atoms with Crippen molar-refractivity contribution in [1.82, 2.24) is 0 Å². The Hall–Kier alpha value is -0.860. The number of carbonyl (C=O) groups is 1. The lowest BCUT2D eigenvalue weighted by molar-refractivity contribution is 0.0599. The molecular formula is C10H7Br2NO2. The van der Waals surface area contributed by atoms with E-state index in [9.17, 15) is 4.79 Å². The maximum absolute atomic E-state index is 11.5. The number of carbonyl (C=O) groups excluding carboxylic acids is 1. The zero-order valence-electron chi connectivity index (χ0n) is 7.88. The Kier molecular flexibility index (Phi) is 4.30. The smallest absolute Gasteiger partial charge is 0.339 e. The molecule has 0 spiro atoms. The van der Waals surface area contributed by atoms with Crippen molar-refractivity contribution in [1.29, 1.82) is 5.26 Å². The fourth-order valence-electron chi connectivity index (χ4n) is 1.18. The zero-order chi connectivity index (χ0) is 11.4. The highest BCUT2D eigenvalue weighted by Crippen LogP contribution is 2.26. The van der Waals surface area contributed by atoms with Gasteiger partial charge in [0.1, 0.15) is 6.07 Å². The summed E-state index contributed by atoms with van der Waals surface area (Å²) in [4.78, 5) is 11.5. The molecule has 0 aliphatic carbocycles. The highest BCUT2D eigenvalue weighted by atomic mass is 79.9. The maximum atomic E-state index is 11.5. The first kappa shape index (κ1) is 12.2. The summed E-state index contributed by atoms with van der Waals surface area (Å²) in [6.45, 7) is 0. The summed E-state index contributed by atoms with van der Waals surface area (Å²) in [5.74, 6) is -0.498. The Balaban J connectivity index is 3.49. The number of nitrogens with zero attached hydrogens (tertiary/aromatic N) is 1. The van der Waals surface area contributed by atoms with Gasteiger partial charge in [-0.3, -0.25) is 0 Å². The molecule has 5 heteroatoms. The van der Waals surface area contributed by atoms with E-state index in [-0.39, 0.29) is 0 Å². The molecule has 0 N–H and O–H groups in total. The van der Waals surface area contributed by atoms with Crippen LogP contribution in [0.2, 0.25) is 0 Å². The molecule has 1 rings (SSSR count). The topological polar surface area (TPSA) is 50.1 Å². The minimum atomic E-state index is -0.498. The van der Waals surface area contributed by atoms with Crippen LogP contribution in [-0.2, 0) is 10.1 Å². The van der Waals surface area contributed by atoms with Gasteiger partial charge in [0.2, 0.25) is 0 Å². The van der Waals surface area contributed by atoms with Gasteiger partial charge in [-0.2, -0.15) is 5.26 Å². The molecule has 78 valence electrons. The van der Waals surface area contributed by atoms with Crippen LogP contribution in [0, 0.1) is 11.3 Å². The fraction of sp³-hybridized carbons (Fsp3) is 0.200. The van der Waals surface area contributed by atoms with Crippen LogP contribution in [0.5, 0.6) is 0 Å². The molecule has 0 amide bonds. The monoisotopic (exact) mass is 331 g/mol. The van der Waals surface area contributed by atoms with Crippen molar-refractivity contribution in [3.05, 3.63) is 33.3 Å². The number of alkyl halides is 1. The van der Waals surface area contributed by atoms with Crippen LogP contribution in [0.25, 0.3) is 0 Å². The first-order chi connectivity index (χ1) is 7.15. The van der Waals surface area contributed by atoms with Crippen LogP contribution in [-0.4, -0.2) is 13.1 Å². The van der Waals surface area contributed by atoms with Crippen molar-refractivity contribution < 1.29 is 9.53 Å². The van der Waals surface area contributed by atoms with Crippen molar-refractivity contribution in [2.75, 3.05) is 7.11 Å². The third-order valence-electron chi connectivity index (χ3n) is 1.90. The lowest BCUT2D eigenvalue weighted by Gasteiger charge is -2.08. The standard InChI is InChI=1S/C10H7Br2NO2/c1-15-10(14)9-6(5-13)2-3-8(12)7(9)4-11/h2-3H,4H2,1H3. The molecule has 0 fully saturated rings. The predicted molar refractivity (Wildman–Crippen MR) is 62.8 cm³/mol. The molecule has 1 aromatic carbocycles. The van der Waals surface area contributed by atoms with Crippen LogP contribution in [0.15, 0.2) is 16.6 Å². The SMILES string of the molecule is COC(=O)c1c(C#N)ccc(Br)c1CBr. The van der Waals surface area contributed by atoms with Crippen molar-refractivity contribution in [3.63, 3.8) is 0 Å². The minimum absolute atomic E-state index is 0.311. The van der Waals surface area contributed by atoms with Gasteiger partial charge >= 0.3 is 5.97 Å². The summed E-state index contributed by atoms with van der Waals surface area (Å²) in [6, 6.07) is 5.29. The first-order valence-electron chi connectivity index (χ1n) is 4.01. The number of hydrogen-bond donors (Lipinski definition) is 0. The van der Waals surface area contributed by atoms with Gasteiger partial charge in [0.25, 0.3) is 0 Å². The molecule has 0 aliphatic heterocycles. The Morgan fingerprint density at radius 3 is 2.73 bits per heavy atom. The lowest BCUT2D eigenvalue weighted by atomic mass is 10.0. The lowest BCUT2D eigenvalue weighted by Crippen LogP contribution is -2.08. The summed E-state index contributed by atoms with van der Waals surface area (Å²) >= 11 is 6.59. The molecule has 0 atom stereocenters. The van der Waals surface area contributed by atoms with E-state index in [2.05, 4.69) is 36.6 Å². The van der Waals surface area contributed by atoms with Gasteiger partial charge in [0, 0.05) is 9.80 Å². The summed E-state index contributed by atoms with van der Waals surface area (Å²) < 4.78 is 5.42. The number of hydrogen-bond acceptors (Lipinski definition) is 3. The van der Waals surface area contributed by atoms with Gasteiger partial charge in [-0.25, -0.2) is 4.79 Å². The Bertz CT molecular complexity index is 438. The second-order valence-corrected chi connectivity index (χ2v) is 4.10. The largest absolute Gasteiger partial charge is 0.465 e. The number of methoxy groups -OCH3 is 1. The maximum Gasteiger partial charge on any atom is 0.339 e. The number of halogens is 2. The number of benzene rings is 1. The first-order valence-corrected chi connectivity index (χ1v) is 5.93. The molecule has 0 aliphatic rings. The summed E-state index contributed by atoms with van der Waals surface area (Å²) in [5, 5.41) is 9.37. The Labute approximate surface area is 104 Å². The van der Waals surface area contributed by atoms with Crippen molar-refractivity contribution in [2.45, 2.75) is 5.33 Å². The molecule has 0 radical (unpaired) electrons. The highest BCUT2D eigenvalue weighted by Gasteiger charge is 2.18. The highest BCUT2D eigenvalue weighted by molar-refractivity contribution is 9.10. The van der Waals surface area contributed by atoms with Crippen LogP contribution in [0.3, 0.4) is 0 Å². The van der Waals surface area contributed by atoms with E-state index in [1.807, 2.05) is 6.07 Å². The van der Waals surface area contributed by atoms with E-state index in [1.165, 1.54) is 7.11 Å². The molecule has 3 nitrogen and oxygen atoms in total. The summed E-state index contributed by atoms with van der Waals surface area (Å²) in [5.41, 5.74) is 1.35. The van der Waals surface area contributed by atoms with E-state index >= 15 is 0 Å². The van der Waals surface area contributed by atoms with Crippen molar-refractivity contribution >= 4 is 37.8 Å². The van der Waals surface area contributed by atoms with Gasteiger partial charge < -0.3 is 4.74 Å². The summed E-state index contributed by atoms with van der Waals surface area (Å²) in [6.07, 6.45) is 0. The molecule has 15 heavy (non-hydrogen) atoms. The molecular weight excluding hydrogens is 326 g/mol. The third kappa shape index (κ3) is 2.39. The van der Waals surface area contributed by atoms with Gasteiger partial charge in [-0.05, 0) is 17.7 Å². The number of nitriles is 1. The molecule has 0 unspecified atom stereocenters. The molecule has 1 aromatic rings. The van der Waals surface area contributed by atoms with Gasteiger partial charge in [-0.1, -0.05) is 31.9 Å². The van der Waals surface area contributed by atoms with E-state index < -0.39 is 5.97 Å². The van der Waals surface area contributed by atoms with Gasteiger partial charge in [0.15, 0.2) is 0 Å². The minimum Gasteiger partial charge on any atom is -0.465 e. The molecule has 0 bridgehead atoms. The van der Waals surface area contributed by atoms with Crippen molar-refractivity contribution in [3.8, 4) is 6.07 Å².